The third kappa shape index (κ3) is 6.02. The Kier molecular flexibility index (Phi) is 8.63. The molecule has 1 aromatic heterocycles. The highest BCUT2D eigenvalue weighted by Crippen LogP contribution is 2.62. The van der Waals surface area contributed by atoms with Gasteiger partial charge in [-0.3, -0.25) is 0 Å². The minimum absolute atomic E-state index is 0.166. The molecule has 3 unspecified atom stereocenters. The second kappa shape index (κ2) is 14.8. The van der Waals surface area contributed by atoms with Crippen LogP contribution in [0.25, 0.3) is 73.1 Å². The molecule has 0 N–H and O–H groups in total. The molecule has 0 saturated heterocycles. The molecule has 3 atom stereocenters. The van der Waals surface area contributed by atoms with E-state index in [1.54, 1.807) is 0 Å². The summed E-state index contributed by atoms with van der Waals surface area (Å²) in [5.41, 5.74) is 15.6. The Labute approximate surface area is 362 Å². The maximum Gasteiger partial charge on any atom is 0.164 e. The van der Waals surface area contributed by atoms with Crippen LogP contribution >= 0.6 is 0 Å². The SMILES string of the molecule is C1=CC2c3cc(-c4ccc(-c5nc(-c6ccccc6)nc(-c6cc(-c7ccccc7)cc(-c7ccccc7)c6)n5)cc4)ccc3C3(Oc4ccccc4C4=C3CCC=C4)C2C=C1. The zero-order chi connectivity index (χ0) is 41.0. The van der Waals surface area contributed by atoms with Crippen molar-refractivity contribution in [3.8, 4) is 73.3 Å². The van der Waals surface area contributed by atoms with Crippen molar-refractivity contribution in [1.82, 2.24) is 15.0 Å². The van der Waals surface area contributed by atoms with Crippen molar-refractivity contribution in [2.75, 3.05) is 0 Å². The predicted octanol–water partition coefficient (Wildman–Crippen LogP) is 14.1. The monoisotopic (exact) mass is 795 g/mol. The van der Waals surface area contributed by atoms with E-state index in [2.05, 4.69) is 194 Å². The van der Waals surface area contributed by atoms with Crippen molar-refractivity contribution in [2.24, 2.45) is 5.92 Å². The first kappa shape index (κ1) is 36.2. The fourth-order valence-electron chi connectivity index (χ4n) is 10.1. The molecule has 12 rings (SSSR count). The van der Waals surface area contributed by atoms with Gasteiger partial charge in [-0.2, -0.15) is 0 Å². The van der Waals surface area contributed by atoms with Gasteiger partial charge in [-0.1, -0.05) is 188 Å². The lowest BCUT2D eigenvalue weighted by Gasteiger charge is -2.45. The molecule has 4 aliphatic rings. The average Bonchev–Trinajstić information content (AvgIpc) is 3.63. The second-order valence-electron chi connectivity index (χ2n) is 16.6. The van der Waals surface area contributed by atoms with Crippen molar-refractivity contribution in [3.05, 3.63) is 235 Å². The number of allylic oxidation sites excluding steroid dienone is 6. The summed E-state index contributed by atoms with van der Waals surface area (Å²) in [6.07, 6.45) is 15.8. The van der Waals surface area contributed by atoms with Crippen molar-refractivity contribution in [1.29, 1.82) is 0 Å². The third-order valence-corrected chi connectivity index (χ3v) is 13.0. The zero-order valence-electron chi connectivity index (χ0n) is 34.0. The molecule has 62 heavy (non-hydrogen) atoms. The number of ether oxygens (including phenoxy) is 1. The summed E-state index contributed by atoms with van der Waals surface area (Å²) in [5, 5.41) is 0. The predicted molar refractivity (Wildman–Crippen MR) is 251 cm³/mol. The number of benzene rings is 7. The van der Waals surface area contributed by atoms with Crippen molar-refractivity contribution in [3.63, 3.8) is 0 Å². The first-order chi connectivity index (χ1) is 30.7. The summed E-state index contributed by atoms with van der Waals surface area (Å²) in [6, 6.07) is 62.1. The summed E-state index contributed by atoms with van der Waals surface area (Å²) in [7, 11) is 0. The highest BCUT2D eigenvalue weighted by Gasteiger charge is 2.57. The van der Waals surface area contributed by atoms with Gasteiger partial charge in [0.2, 0.25) is 0 Å². The number of fused-ring (bicyclic) bond motifs is 8. The Morgan fingerprint density at radius 3 is 1.69 bits per heavy atom. The molecular formula is C58H41N3O. The van der Waals surface area contributed by atoms with E-state index < -0.39 is 5.60 Å². The Bertz CT molecular complexity index is 3090. The Hall–Kier alpha value is -7.69. The van der Waals surface area contributed by atoms with Crippen LogP contribution in [-0.4, -0.2) is 15.0 Å². The van der Waals surface area contributed by atoms with Crippen LogP contribution < -0.4 is 4.74 Å². The summed E-state index contributed by atoms with van der Waals surface area (Å²) < 4.78 is 7.30. The molecule has 2 heterocycles. The van der Waals surface area contributed by atoms with E-state index in [1.807, 2.05) is 18.2 Å². The molecule has 1 aliphatic heterocycles. The molecule has 4 nitrogen and oxygen atoms in total. The molecule has 7 aromatic carbocycles. The molecule has 1 spiro atoms. The van der Waals surface area contributed by atoms with Gasteiger partial charge in [0, 0.05) is 39.7 Å². The van der Waals surface area contributed by atoms with Gasteiger partial charge in [-0.25, -0.2) is 15.0 Å². The first-order valence-corrected chi connectivity index (χ1v) is 21.6. The Balaban J connectivity index is 0.946. The maximum atomic E-state index is 7.30. The Morgan fingerprint density at radius 1 is 0.468 bits per heavy atom. The number of nitrogens with zero attached hydrogens (tertiary/aromatic N) is 3. The fraction of sp³-hybridized carbons (Fsp3) is 0.0862. The molecule has 0 fully saturated rings. The largest absolute Gasteiger partial charge is 0.477 e. The number of rotatable bonds is 6. The van der Waals surface area contributed by atoms with Crippen LogP contribution in [0.3, 0.4) is 0 Å². The second-order valence-corrected chi connectivity index (χ2v) is 16.6. The average molecular weight is 796 g/mol. The molecule has 3 aliphatic carbocycles. The van der Waals surface area contributed by atoms with Crippen molar-refractivity contribution < 1.29 is 4.74 Å². The van der Waals surface area contributed by atoms with E-state index in [0.717, 1.165) is 63.1 Å². The van der Waals surface area contributed by atoms with Gasteiger partial charge < -0.3 is 4.74 Å². The third-order valence-electron chi connectivity index (χ3n) is 13.0. The van der Waals surface area contributed by atoms with Gasteiger partial charge in [0.05, 0.1) is 0 Å². The lowest BCUT2D eigenvalue weighted by atomic mass is 9.70. The molecule has 4 heteroatoms. The minimum Gasteiger partial charge on any atom is -0.477 e. The molecule has 0 saturated carbocycles. The van der Waals surface area contributed by atoms with Gasteiger partial charge in [0.1, 0.15) is 5.75 Å². The van der Waals surface area contributed by atoms with E-state index in [1.165, 1.54) is 33.4 Å². The minimum atomic E-state index is -0.548. The molecule has 0 radical (unpaired) electrons. The van der Waals surface area contributed by atoms with Crippen LogP contribution in [0.5, 0.6) is 5.75 Å². The molecule has 294 valence electrons. The fourth-order valence-corrected chi connectivity index (χ4v) is 10.1. The van der Waals surface area contributed by atoms with E-state index in [0.29, 0.717) is 17.5 Å². The van der Waals surface area contributed by atoms with Crippen LogP contribution in [0.15, 0.2) is 218 Å². The van der Waals surface area contributed by atoms with Crippen molar-refractivity contribution in [2.45, 2.75) is 24.4 Å². The van der Waals surface area contributed by atoms with E-state index >= 15 is 0 Å². The van der Waals surface area contributed by atoms with Crippen molar-refractivity contribution >= 4 is 5.57 Å². The van der Waals surface area contributed by atoms with Gasteiger partial charge in [-0.15, -0.1) is 0 Å². The number of hydrogen-bond acceptors (Lipinski definition) is 4. The summed E-state index contributed by atoms with van der Waals surface area (Å²) >= 11 is 0. The standard InChI is InChI=1S/C58H41N3O/c1-4-16-38(17-5-1)44-34-45(39-18-6-2-7-19-39)36-46(35-44)57-60-55(41-20-8-3-9-21-41)59-56(61-57)42-30-28-40(29-31-42)43-32-33-53-50(37-43)48-23-11-14-26-52(48)58(53)51-25-13-10-22-47(51)49-24-12-15-27-54(49)62-58/h1-12,14-24,26-37,48,52H,13,25H2. The van der Waals surface area contributed by atoms with Crippen LogP contribution in [0, 0.1) is 5.92 Å². The number of aromatic nitrogens is 3. The highest BCUT2D eigenvalue weighted by molar-refractivity contribution is 5.86. The van der Waals surface area contributed by atoms with Gasteiger partial charge in [0.15, 0.2) is 23.1 Å². The quantitative estimate of drug-likeness (QED) is 0.168. The van der Waals surface area contributed by atoms with E-state index in [-0.39, 0.29) is 11.8 Å². The summed E-state index contributed by atoms with van der Waals surface area (Å²) in [5.74, 6) is 3.23. The van der Waals surface area contributed by atoms with Crippen LogP contribution in [-0.2, 0) is 5.60 Å². The topological polar surface area (TPSA) is 47.9 Å². The lowest BCUT2D eigenvalue weighted by molar-refractivity contribution is 0.0620. The smallest absolute Gasteiger partial charge is 0.164 e. The van der Waals surface area contributed by atoms with Gasteiger partial charge in [0.25, 0.3) is 0 Å². The van der Waals surface area contributed by atoms with Crippen LogP contribution in [0.4, 0.5) is 0 Å². The molecule has 0 bridgehead atoms. The van der Waals surface area contributed by atoms with E-state index in [4.69, 9.17) is 19.7 Å². The normalized spacial score (nSPS) is 19.1. The van der Waals surface area contributed by atoms with Gasteiger partial charge in [-0.05, 0) is 87.2 Å². The molecule has 8 aromatic rings. The summed E-state index contributed by atoms with van der Waals surface area (Å²) in [4.78, 5) is 15.4. The van der Waals surface area contributed by atoms with Crippen LogP contribution in [0.1, 0.15) is 35.4 Å². The first-order valence-electron chi connectivity index (χ1n) is 21.6. The molecule has 0 amide bonds. The number of para-hydroxylation sites is 1. The molecular weight excluding hydrogens is 755 g/mol. The summed E-state index contributed by atoms with van der Waals surface area (Å²) in [6.45, 7) is 0. The van der Waals surface area contributed by atoms with Crippen LogP contribution in [0.2, 0.25) is 0 Å². The number of hydrogen-bond donors (Lipinski definition) is 0. The van der Waals surface area contributed by atoms with Gasteiger partial charge >= 0.3 is 0 Å². The maximum absolute atomic E-state index is 7.30. The highest BCUT2D eigenvalue weighted by atomic mass is 16.5. The van der Waals surface area contributed by atoms with E-state index in [9.17, 15) is 0 Å². The zero-order valence-corrected chi connectivity index (χ0v) is 34.0. The lowest BCUT2D eigenvalue weighted by Crippen LogP contribution is -2.43. The Morgan fingerprint density at radius 2 is 1.00 bits per heavy atom.